The van der Waals surface area contributed by atoms with Gasteiger partial charge in [0.2, 0.25) is 5.76 Å². The summed E-state index contributed by atoms with van der Waals surface area (Å²) in [5, 5.41) is 12.1. The molecule has 0 amide bonds. The van der Waals surface area contributed by atoms with E-state index in [1.807, 2.05) is 0 Å². The first-order chi connectivity index (χ1) is 9.48. The molecular formula is C13H11NO5S. The molecule has 20 heavy (non-hydrogen) atoms. The van der Waals surface area contributed by atoms with Crippen molar-refractivity contribution in [1.82, 2.24) is 5.16 Å². The van der Waals surface area contributed by atoms with E-state index >= 15 is 0 Å². The number of hydrogen-bond acceptors (Lipinski definition) is 5. The molecule has 1 aromatic carbocycles. The van der Waals surface area contributed by atoms with E-state index in [4.69, 9.17) is 5.11 Å². The van der Waals surface area contributed by atoms with E-state index in [0.717, 1.165) is 12.8 Å². The van der Waals surface area contributed by atoms with Crippen molar-refractivity contribution in [2.75, 3.05) is 0 Å². The molecule has 0 aliphatic heterocycles. The molecule has 1 fully saturated rings. The van der Waals surface area contributed by atoms with Gasteiger partial charge in [0.05, 0.1) is 10.1 Å². The SMILES string of the molecule is O=C(O)c1cc(-c2ccc(S(=O)(=O)C3CC3)cc2)no1. The van der Waals surface area contributed by atoms with Gasteiger partial charge in [-0.25, -0.2) is 13.2 Å². The summed E-state index contributed by atoms with van der Waals surface area (Å²) < 4.78 is 28.7. The average molecular weight is 293 g/mol. The third kappa shape index (κ3) is 2.20. The molecule has 3 rings (SSSR count). The average Bonchev–Trinajstić information content (AvgIpc) is 3.17. The molecule has 1 saturated carbocycles. The molecule has 1 heterocycles. The molecule has 0 spiro atoms. The molecule has 1 N–H and O–H groups in total. The van der Waals surface area contributed by atoms with E-state index in [9.17, 15) is 13.2 Å². The fraction of sp³-hybridized carbons (Fsp3) is 0.231. The highest BCUT2D eigenvalue weighted by atomic mass is 32.2. The van der Waals surface area contributed by atoms with Crippen LogP contribution in [-0.4, -0.2) is 29.9 Å². The fourth-order valence-electron chi connectivity index (χ4n) is 1.90. The zero-order chi connectivity index (χ0) is 14.3. The second-order valence-corrected chi connectivity index (χ2v) is 6.88. The largest absolute Gasteiger partial charge is 0.475 e. The first kappa shape index (κ1) is 12.9. The van der Waals surface area contributed by atoms with Crippen molar-refractivity contribution in [2.24, 2.45) is 0 Å². The Morgan fingerprint density at radius 1 is 1.25 bits per heavy atom. The molecule has 0 saturated heterocycles. The van der Waals surface area contributed by atoms with Crippen molar-refractivity contribution in [3.8, 4) is 11.3 Å². The summed E-state index contributed by atoms with van der Waals surface area (Å²) in [6.45, 7) is 0. The van der Waals surface area contributed by atoms with Gasteiger partial charge < -0.3 is 9.63 Å². The molecule has 104 valence electrons. The van der Waals surface area contributed by atoms with Crippen molar-refractivity contribution in [2.45, 2.75) is 23.0 Å². The summed E-state index contributed by atoms with van der Waals surface area (Å²) in [4.78, 5) is 11.0. The maximum atomic E-state index is 12.0. The Hall–Kier alpha value is -2.15. The number of hydrogen-bond donors (Lipinski definition) is 1. The van der Waals surface area contributed by atoms with Crippen LogP contribution in [0.3, 0.4) is 0 Å². The predicted octanol–water partition coefficient (Wildman–Crippen LogP) is 1.98. The lowest BCUT2D eigenvalue weighted by molar-refractivity contribution is 0.0652. The third-order valence-corrected chi connectivity index (χ3v) is 5.44. The normalized spacial score (nSPS) is 15.2. The smallest absolute Gasteiger partial charge is 0.374 e. The van der Waals surface area contributed by atoms with Crippen molar-refractivity contribution < 1.29 is 22.8 Å². The zero-order valence-electron chi connectivity index (χ0n) is 10.3. The highest BCUT2D eigenvalue weighted by molar-refractivity contribution is 7.92. The summed E-state index contributed by atoms with van der Waals surface area (Å²) in [6, 6.07) is 7.51. The molecule has 1 aromatic heterocycles. The minimum absolute atomic E-state index is 0.251. The second-order valence-electron chi connectivity index (χ2n) is 4.65. The van der Waals surface area contributed by atoms with Gasteiger partial charge in [0.15, 0.2) is 9.84 Å². The lowest BCUT2D eigenvalue weighted by atomic mass is 10.1. The van der Waals surface area contributed by atoms with Crippen LogP contribution >= 0.6 is 0 Å². The van der Waals surface area contributed by atoms with Crippen LogP contribution in [0.2, 0.25) is 0 Å². The second kappa shape index (κ2) is 4.45. The Morgan fingerprint density at radius 2 is 1.90 bits per heavy atom. The lowest BCUT2D eigenvalue weighted by Crippen LogP contribution is -2.06. The lowest BCUT2D eigenvalue weighted by Gasteiger charge is -2.03. The van der Waals surface area contributed by atoms with Gasteiger partial charge in [-0.05, 0) is 25.0 Å². The predicted molar refractivity (Wildman–Crippen MR) is 69.1 cm³/mol. The van der Waals surface area contributed by atoms with Crippen LogP contribution in [0.1, 0.15) is 23.4 Å². The molecule has 7 heteroatoms. The van der Waals surface area contributed by atoms with Gasteiger partial charge >= 0.3 is 5.97 Å². The molecule has 1 aliphatic rings. The minimum Gasteiger partial charge on any atom is -0.475 e. The molecule has 0 radical (unpaired) electrons. The topological polar surface area (TPSA) is 97.5 Å². The standard InChI is InChI=1S/C13H11NO5S/c15-13(16)12-7-11(14-19-12)8-1-3-9(4-2-8)20(17,18)10-5-6-10/h1-4,7,10H,5-6H2,(H,15,16). The monoisotopic (exact) mass is 293 g/mol. The Labute approximate surface area is 114 Å². The van der Waals surface area contributed by atoms with Gasteiger partial charge in [-0.3, -0.25) is 0 Å². The Balaban J connectivity index is 1.90. The van der Waals surface area contributed by atoms with Crippen LogP contribution in [0, 0.1) is 0 Å². The first-order valence-corrected chi connectivity index (χ1v) is 7.57. The van der Waals surface area contributed by atoms with Crippen molar-refractivity contribution >= 4 is 15.8 Å². The number of aromatic carboxylic acids is 1. The van der Waals surface area contributed by atoms with Crippen molar-refractivity contribution in [3.63, 3.8) is 0 Å². The molecule has 6 nitrogen and oxygen atoms in total. The Kier molecular flexibility index (Phi) is 2.86. The van der Waals surface area contributed by atoms with E-state index in [1.165, 1.54) is 18.2 Å². The maximum absolute atomic E-state index is 12.0. The molecule has 1 aliphatic carbocycles. The van der Waals surface area contributed by atoms with Crippen LogP contribution in [0.4, 0.5) is 0 Å². The van der Waals surface area contributed by atoms with Gasteiger partial charge in [0, 0.05) is 11.6 Å². The summed E-state index contributed by atoms with van der Waals surface area (Å²) in [7, 11) is -3.21. The number of aromatic nitrogens is 1. The molecule has 2 aromatic rings. The Morgan fingerprint density at radius 3 is 2.40 bits per heavy atom. The van der Waals surface area contributed by atoms with Gasteiger partial charge in [0.25, 0.3) is 0 Å². The summed E-state index contributed by atoms with van der Waals surface area (Å²) in [5.74, 6) is -1.45. The van der Waals surface area contributed by atoms with Gasteiger partial charge in [-0.15, -0.1) is 0 Å². The number of carboxylic acid groups (broad SMARTS) is 1. The van der Waals surface area contributed by atoms with Crippen LogP contribution in [0.15, 0.2) is 39.8 Å². The van der Waals surface area contributed by atoms with Crippen molar-refractivity contribution in [3.05, 3.63) is 36.1 Å². The third-order valence-electron chi connectivity index (χ3n) is 3.16. The Bertz CT molecular complexity index is 756. The van der Waals surface area contributed by atoms with Gasteiger partial charge in [0.1, 0.15) is 5.69 Å². The number of sulfone groups is 1. The number of benzene rings is 1. The summed E-state index contributed by atoms with van der Waals surface area (Å²) in [5.41, 5.74) is 0.966. The molecule has 0 atom stereocenters. The highest BCUT2D eigenvalue weighted by Crippen LogP contribution is 2.34. The van der Waals surface area contributed by atoms with E-state index in [-0.39, 0.29) is 15.9 Å². The van der Waals surface area contributed by atoms with E-state index < -0.39 is 15.8 Å². The van der Waals surface area contributed by atoms with Crippen LogP contribution in [0.25, 0.3) is 11.3 Å². The van der Waals surface area contributed by atoms with Gasteiger partial charge in [-0.1, -0.05) is 17.3 Å². The zero-order valence-corrected chi connectivity index (χ0v) is 11.1. The molecular weight excluding hydrogens is 282 g/mol. The number of carbonyl (C=O) groups is 1. The van der Waals surface area contributed by atoms with Crippen LogP contribution in [0.5, 0.6) is 0 Å². The quantitative estimate of drug-likeness (QED) is 0.925. The van der Waals surface area contributed by atoms with E-state index in [2.05, 4.69) is 9.68 Å². The first-order valence-electron chi connectivity index (χ1n) is 6.03. The van der Waals surface area contributed by atoms with Crippen LogP contribution in [-0.2, 0) is 9.84 Å². The van der Waals surface area contributed by atoms with Crippen molar-refractivity contribution in [1.29, 1.82) is 0 Å². The molecule has 0 unspecified atom stereocenters. The number of rotatable bonds is 4. The number of nitrogens with zero attached hydrogens (tertiary/aromatic N) is 1. The minimum atomic E-state index is -3.21. The summed E-state index contributed by atoms with van der Waals surface area (Å²) >= 11 is 0. The highest BCUT2D eigenvalue weighted by Gasteiger charge is 2.36. The maximum Gasteiger partial charge on any atom is 0.374 e. The summed E-state index contributed by atoms with van der Waals surface area (Å²) in [6.07, 6.45) is 1.44. The van der Waals surface area contributed by atoms with Crippen LogP contribution < -0.4 is 0 Å². The van der Waals surface area contributed by atoms with E-state index in [0.29, 0.717) is 11.3 Å². The number of carboxylic acids is 1. The molecule has 0 bridgehead atoms. The fourth-order valence-corrected chi connectivity index (χ4v) is 3.56. The van der Waals surface area contributed by atoms with E-state index in [1.54, 1.807) is 12.1 Å². The van der Waals surface area contributed by atoms with Gasteiger partial charge in [-0.2, -0.15) is 0 Å².